The van der Waals surface area contributed by atoms with Crippen molar-refractivity contribution in [3.05, 3.63) is 17.5 Å². The monoisotopic (exact) mass is 265 g/mol. The largest absolute Gasteiger partial charge is 0.359 e. The third-order valence-electron chi connectivity index (χ3n) is 3.98. The van der Waals surface area contributed by atoms with Crippen LogP contribution in [0.15, 0.2) is 10.6 Å². The lowest BCUT2D eigenvalue weighted by Crippen LogP contribution is -2.48. The van der Waals surface area contributed by atoms with Crippen molar-refractivity contribution < 1.29 is 9.32 Å². The molecular formula is C14H23N3O2. The van der Waals surface area contributed by atoms with Gasteiger partial charge in [0.15, 0.2) is 5.76 Å². The van der Waals surface area contributed by atoms with Gasteiger partial charge in [-0.05, 0) is 26.8 Å². The molecule has 19 heavy (non-hydrogen) atoms. The average Bonchev–Trinajstić information content (AvgIpc) is 2.83. The van der Waals surface area contributed by atoms with Crippen LogP contribution in [0.4, 0.5) is 0 Å². The van der Waals surface area contributed by atoms with E-state index in [1.807, 2.05) is 20.0 Å². The fourth-order valence-electron chi connectivity index (χ4n) is 2.80. The molecule has 106 valence electrons. The van der Waals surface area contributed by atoms with E-state index >= 15 is 0 Å². The quantitative estimate of drug-likeness (QED) is 0.853. The Balaban J connectivity index is 1.82. The van der Waals surface area contributed by atoms with Gasteiger partial charge in [-0.15, -0.1) is 0 Å². The Labute approximate surface area is 114 Å². The van der Waals surface area contributed by atoms with E-state index in [4.69, 9.17) is 4.52 Å². The second-order valence-corrected chi connectivity index (χ2v) is 5.48. The van der Waals surface area contributed by atoms with E-state index in [2.05, 4.69) is 15.8 Å². The van der Waals surface area contributed by atoms with Crippen molar-refractivity contribution in [1.29, 1.82) is 0 Å². The average molecular weight is 265 g/mol. The van der Waals surface area contributed by atoms with Crippen LogP contribution >= 0.6 is 0 Å². The van der Waals surface area contributed by atoms with Crippen molar-refractivity contribution in [1.82, 2.24) is 15.8 Å². The molecule has 0 atom stereocenters. The summed E-state index contributed by atoms with van der Waals surface area (Å²) >= 11 is 0. The van der Waals surface area contributed by atoms with E-state index in [1.165, 1.54) is 19.3 Å². The van der Waals surface area contributed by atoms with Crippen molar-refractivity contribution in [3.8, 4) is 0 Å². The minimum Gasteiger partial charge on any atom is -0.359 e. The summed E-state index contributed by atoms with van der Waals surface area (Å²) in [6.45, 7) is 2.28. The fraction of sp³-hybridized carbons (Fsp3) is 0.714. The van der Waals surface area contributed by atoms with Crippen LogP contribution in [0, 0.1) is 6.92 Å². The summed E-state index contributed by atoms with van der Waals surface area (Å²) < 4.78 is 5.08. The van der Waals surface area contributed by atoms with Gasteiger partial charge in [-0.1, -0.05) is 24.4 Å². The van der Waals surface area contributed by atoms with Crippen molar-refractivity contribution in [2.45, 2.75) is 57.5 Å². The molecule has 0 radical (unpaired) electrons. The van der Waals surface area contributed by atoms with Gasteiger partial charge >= 0.3 is 0 Å². The topological polar surface area (TPSA) is 67.2 Å². The molecule has 1 amide bonds. The number of carbonyl (C=O) groups excluding carboxylic acids is 1. The lowest BCUT2D eigenvalue weighted by Gasteiger charge is -2.36. The van der Waals surface area contributed by atoms with Crippen molar-refractivity contribution in [2.24, 2.45) is 0 Å². The van der Waals surface area contributed by atoms with Gasteiger partial charge in [0.2, 0.25) is 5.91 Å². The molecule has 1 saturated carbocycles. The Morgan fingerprint density at radius 3 is 2.74 bits per heavy atom. The molecule has 0 bridgehead atoms. The van der Waals surface area contributed by atoms with Crippen LogP contribution in [-0.2, 0) is 11.3 Å². The summed E-state index contributed by atoms with van der Waals surface area (Å²) in [6.07, 6.45) is 6.39. The first-order valence-electron chi connectivity index (χ1n) is 7.01. The number of aryl methyl sites for hydroxylation is 1. The maximum Gasteiger partial charge on any atom is 0.222 e. The highest BCUT2D eigenvalue weighted by molar-refractivity contribution is 5.77. The number of hydrogen-bond donors (Lipinski definition) is 2. The van der Waals surface area contributed by atoms with Crippen LogP contribution in [0.3, 0.4) is 0 Å². The van der Waals surface area contributed by atoms with Gasteiger partial charge < -0.3 is 15.2 Å². The zero-order chi connectivity index (χ0) is 13.7. The molecule has 1 heterocycles. The highest BCUT2D eigenvalue weighted by Gasteiger charge is 2.32. The number of nitrogens with zero attached hydrogens (tertiary/aromatic N) is 1. The number of hydrogen-bond acceptors (Lipinski definition) is 4. The molecule has 0 spiro atoms. The van der Waals surface area contributed by atoms with Crippen LogP contribution in [0.2, 0.25) is 0 Å². The highest BCUT2D eigenvalue weighted by atomic mass is 16.5. The first-order valence-corrected chi connectivity index (χ1v) is 7.01. The van der Waals surface area contributed by atoms with Crippen LogP contribution < -0.4 is 10.6 Å². The summed E-state index contributed by atoms with van der Waals surface area (Å²) in [7, 11) is 1.96. The molecule has 1 fully saturated rings. The molecule has 1 aromatic rings. The van der Waals surface area contributed by atoms with E-state index in [9.17, 15) is 4.79 Å². The normalized spacial score (nSPS) is 18.2. The molecular weight excluding hydrogens is 242 g/mol. The Bertz CT molecular complexity index is 422. The summed E-state index contributed by atoms with van der Waals surface area (Å²) in [5.41, 5.74) is 0.822. The summed E-state index contributed by atoms with van der Waals surface area (Å²) in [5.74, 6) is 0.776. The van der Waals surface area contributed by atoms with Crippen molar-refractivity contribution in [3.63, 3.8) is 0 Å². The van der Waals surface area contributed by atoms with Gasteiger partial charge in [0.25, 0.3) is 0 Å². The minimum absolute atomic E-state index is 0.0142. The van der Waals surface area contributed by atoms with Crippen LogP contribution in [0.5, 0.6) is 0 Å². The standard InChI is InChI=1S/C14H23N3O2/c1-11-8-12(19-17-11)10-16-13(18)9-14(15-2)6-4-3-5-7-14/h8,15H,3-7,9-10H2,1-2H3,(H,16,18). The Morgan fingerprint density at radius 1 is 1.42 bits per heavy atom. The molecule has 0 aliphatic heterocycles. The van der Waals surface area contributed by atoms with E-state index in [1.54, 1.807) is 0 Å². The molecule has 1 aliphatic rings. The number of nitrogens with one attached hydrogen (secondary N) is 2. The molecule has 1 aliphatic carbocycles. The van der Waals surface area contributed by atoms with Gasteiger partial charge in [0, 0.05) is 18.0 Å². The van der Waals surface area contributed by atoms with Gasteiger partial charge in [-0.25, -0.2) is 0 Å². The third-order valence-corrected chi connectivity index (χ3v) is 3.98. The summed E-state index contributed by atoms with van der Waals surface area (Å²) in [4.78, 5) is 12.0. The SMILES string of the molecule is CNC1(CC(=O)NCc2cc(C)no2)CCCCC1. The van der Waals surface area contributed by atoms with Gasteiger partial charge in [-0.2, -0.15) is 0 Å². The summed E-state index contributed by atoms with van der Waals surface area (Å²) in [5, 5.41) is 10.1. The molecule has 0 saturated heterocycles. The van der Waals surface area contributed by atoms with Gasteiger partial charge in [0.1, 0.15) is 0 Å². The van der Waals surface area contributed by atoms with E-state index in [-0.39, 0.29) is 11.4 Å². The van der Waals surface area contributed by atoms with E-state index in [0.717, 1.165) is 18.5 Å². The van der Waals surface area contributed by atoms with Gasteiger partial charge in [-0.3, -0.25) is 4.79 Å². The van der Waals surface area contributed by atoms with E-state index in [0.29, 0.717) is 18.7 Å². The second-order valence-electron chi connectivity index (χ2n) is 5.48. The smallest absolute Gasteiger partial charge is 0.222 e. The van der Waals surface area contributed by atoms with Crippen molar-refractivity contribution in [2.75, 3.05) is 7.05 Å². The first kappa shape index (κ1) is 14.1. The van der Waals surface area contributed by atoms with Crippen LogP contribution in [0.1, 0.15) is 50.0 Å². The fourth-order valence-corrected chi connectivity index (χ4v) is 2.80. The maximum absolute atomic E-state index is 12.0. The Hall–Kier alpha value is -1.36. The number of rotatable bonds is 5. The molecule has 5 nitrogen and oxygen atoms in total. The molecule has 0 unspecified atom stereocenters. The highest BCUT2D eigenvalue weighted by Crippen LogP contribution is 2.30. The first-order chi connectivity index (χ1) is 9.13. The minimum atomic E-state index is -0.0142. The zero-order valence-electron chi connectivity index (χ0n) is 11.8. The number of amides is 1. The van der Waals surface area contributed by atoms with E-state index < -0.39 is 0 Å². The molecule has 5 heteroatoms. The van der Waals surface area contributed by atoms with Crippen LogP contribution in [-0.4, -0.2) is 23.7 Å². The lowest BCUT2D eigenvalue weighted by atomic mass is 9.79. The third kappa shape index (κ3) is 3.80. The Morgan fingerprint density at radius 2 is 2.16 bits per heavy atom. The molecule has 0 aromatic carbocycles. The number of aromatic nitrogens is 1. The predicted molar refractivity (Wildman–Crippen MR) is 72.6 cm³/mol. The van der Waals surface area contributed by atoms with Crippen LogP contribution in [0.25, 0.3) is 0 Å². The molecule has 1 aromatic heterocycles. The van der Waals surface area contributed by atoms with Gasteiger partial charge in [0.05, 0.1) is 12.2 Å². The molecule has 2 rings (SSSR count). The summed E-state index contributed by atoms with van der Waals surface area (Å²) in [6, 6.07) is 1.84. The lowest BCUT2D eigenvalue weighted by molar-refractivity contribution is -0.123. The maximum atomic E-state index is 12.0. The number of carbonyl (C=O) groups is 1. The Kier molecular flexibility index (Phi) is 4.58. The zero-order valence-corrected chi connectivity index (χ0v) is 11.8. The predicted octanol–water partition coefficient (Wildman–Crippen LogP) is 1.91. The second kappa shape index (κ2) is 6.19. The molecule has 2 N–H and O–H groups in total. The van der Waals surface area contributed by atoms with Crippen molar-refractivity contribution >= 4 is 5.91 Å².